The molecule has 0 saturated carbocycles. The van der Waals surface area contributed by atoms with E-state index in [1.54, 1.807) is 36.4 Å². The maximum absolute atomic E-state index is 11.9. The zero-order chi connectivity index (χ0) is 18.4. The van der Waals surface area contributed by atoms with E-state index in [4.69, 9.17) is 22.4 Å². The second kappa shape index (κ2) is 7.93. The van der Waals surface area contributed by atoms with Crippen LogP contribution >= 0.6 is 0 Å². The van der Waals surface area contributed by atoms with Crippen LogP contribution in [0.4, 0.5) is 11.4 Å². The topological polar surface area (TPSA) is 157 Å². The van der Waals surface area contributed by atoms with Crippen LogP contribution in [0, 0.1) is 0 Å². The van der Waals surface area contributed by atoms with Gasteiger partial charge in [0, 0.05) is 12.1 Å². The highest BCUT2D eigenvalue weighted by atomic mass is 16.4. The second-order valence-electron chi connectivity index (χ2n) is 5.29. The predicted octanol–water partition coefficient (Wildman–Crippen LogP) is 1.17. The van der Waals surface area contributed by atoms with Crippen molar-refractivity contribution in [2.75, 3.05) is 5.73 Å². The molecule has 130 valence electrons. The van der Waals surface area contributed by atoms with Crippen molar-refractivity contribution in [2.24, 2.45) is 16.6 Å². The van der Waals surface area contributed by atoms with Gasteiger partial charge in [-0.25, -0.2) is 10.8 Å². The van der Waals surface area contributed by atoms with Crippen LogP contribution < -0.4 is 22.7 Å². The van der Waals surface area contributed by atoms with E-state index < -0.39 is 11.9 Å². The summed E-state index contributed by atoms with van der Waals surface area (Å²) in [6.45, 7) is 0. The van der Waals surface area contributed by atoms with Crippen LogP contribution in [-0.2, 0) is 11.2 Å². The highest BCUT2D eigenvalue weighted by molar-refractivity contribution is 6.05. The maximum atomic E-state index is 11.9. The summed E-state index contributed by atoms with van der Waals surface area (Å²) in [6.07, 6.45) is 1.46. The van der Waals surface area contributed by atoms with Gasteiger partial charge in [-0.15, -0.1) is 0 Å². The molecule has 0 spiro atoms. The lowest BCUT2D eigenvalue weighted by atomic mass is 9.93. The highest BCUT2D eigenvalue weighted by Crippen LogP contribution is 2.32. The minimum Gasteiger partial charge on any atom is -0.481 e. The first-order chi connectivity index (χ1) is 11.9. The van der Waals surface area contributed by atoms with E-state index in [0.29, 0.717) is 22.4 Å². The number of nitrogen functional groups attached to an aromatic ring is 1. The average Bonchev–Trinajstić information content (AvgIpc) is 2.58. The van der Waals surface area contributed by atoms with Gasteiger partial charge >= 0.3 is 5.97 Å². The zero-order valence-electron chi connectivity index (χ0n) is 13.4. The molecule has 0 aliphatic carbocycles. The van der Waals surface area contributed by atoms with E-state index in [1.165, 1.54) is 6.34 Å². The van der Waals surface area contributed by atoms with Crippen LogP contribution in [0.1, 0.15) is 22.3 Å². The minimum absolute atomic E-state index is 0.0853. The number of rotatable bonds is 7. The van der Waals surface area contributed by atoms with Crippen LogP contribution in [0.5, 0.6) is 0 Å². The Morgan fingerprint density at radius 1 is 1.24 bits per heavy atom. The number of benzene rings is 2. The van der Waals surface area contributed by atoms with Crippen molar-refractivity contribution in [3.63, 3.8) is 0 Å². The third-order valence-electron chi connectivity index (χ3n) is 3.64. The van der Waals surface area contributed by atoms with Crippen molar-refractivity contribution in [3.05, 3.63) is 47.5 Å². The molecule has 25 heavy (non-hydrogen) atoms. The summed E-state index contributed by atoms with van der Waals surface area (Å²) in [5.74, 6) is 3.54. The molecule has 0 radical (unpaired) electrons. The number of carbonyl (C=O) groups is 2. The van der Waals surface area contributed by atoms with E-state index in [-0.39, 0.29) is 24.1 Å². The lowest BCUT2D eigenvalue weighted by Gasteiger charge is -2.14. The molecular formula is C17H19N5O3. The lowest BCUT2D eigenvalue weighted by Crippen LogP contribution is -2.18. The SMILES string of the molecule is NNC=Nc1cccc(-c2ccc(CCC(=O)O)c(N)c2C(N)=O)c1. The average molecular weight is 341 g/mol. The molecule has 0 fully saturated rings. The molecule has 0 bridgehead atoms. The number of aryl methyl sites for hydroxylation is 1. The molecule has 0 unspecified atom stereocenters. The predicted molar refractivity (Wildman–Crippen MR) is 96.2 cm³/mol. The summed E-state index contributed by atoms with van der Waals surface area (Å²) in [6, 6.07) is 10.5. The Hall–Kier alpha value is -3.39. The summed E-state index contributed by atoms with van der Waals surface area (Å²) < 4.78 is 0. The van der Waals surface area contributed by atoms with Crippen LogP contribution in [-0.4, -0.2) is 23.3 Å². The quantitative estimate of drug-likeness (QED) is 0.167. The molecule has 8 heteroatoms. The first-order valence-corrected chi connectivity index (χ1v) is 7.46. The van der Waals surface area contributed by atoms with Crippen LogP contribution in [0.25, 0.3) is 11.1 Å². The second-order valence-corrected chi connectivity index (χ2v) is 5.29. The van der Waals surface area contributed by atoms with Gasteiger partial charge in [0.2, 0.25) is 0 Å². The summed E-state index contributed by atoms with van der Waals surface area (Å²) >= 11 is 0. The fourth-order valence-corrected chi connectivity index (χ4v) is 2.49. The maximum Gasteiger partial charge on any atom is 0.303 e. The summed E-state index contributed by atoms with van der Waals surface area (Å²) in [5.41, 5.74) is 16.7. The van der Waals surface area contributed by atoms with Gasteiger partial charge in [0.25, 0.3) is 5.91 Å². The number of hydrazine groups is 1. The molecule has 0 atom stereocenters. The van der Waals surface area contributed by atoms with E-state index in [1.807, 2.05) is 0 Å². The summed E-state index contributed by atoms with van der Waals surface area (Å²) in [7, 11) is 0. The number of carboxylic acids is 1. The summed E-state index contributed by atoms with van der Waals surface area (Å²) in [4.78, 5) is 26.8. The normalized spacial score (nSPS) is 10.8. The number of hydrogen-bond acceptors (Lipinski definition) is 5. The van der Waals surface area contributed by atoms with Crippen LogP contribution in [0.3, 0.4) is 0 Å². The molecule has 0 saturated heterocycles. The van der Waals surface area contributed by atoms with Crippen molar-refractivity contribution in [2.45, 2.75) is 12.8 Å². The van der Waals surface area contributed by atoms with E-state index in [2.05, 4.69) is 10.4 Å². The van der Waals surface area contributed by atoms with Crippen molar-refractivity contribution < 1.29 is 14.7 Å². The van der Waals surface area contributed by atoms with Crippen molar-refractivity contribution in [1.29, 1.82) is 0 Å². The molecule has 8 nitrogen and oxygen atoms in total. The van der Waals surface area contributed by atoms with Gasteiger partial charge < -0.3 is 22.0 Å². The van der Waals surface area contributed by atoms with Gasteiger partial charge in [0.15, 0.2) is 0 Å². The Labute approximate surface area is 144 Å². The summed E-state index contributed by atoms with van der Waals surface area (Å²) in [5, 5.41) is 8.82. The highest BCUT2D eigenvalue weighted by Gasteiger charge is 2.17. The van der Waals surface area contributed by atoms with Crippen LogP contribution in [0.2, 0.25) is 0 Å². The molecule has 8 N–H and O–H groups in total. The number of carbonyl (C=O) groups excluding carboxylic acids is 1. The zero-order valence-corrected chi connectivity index (χ0v) is 13.4. The number of aliphatic carboxylic acids is 1. The molecule has 2 aromatic rings. The molecular weight excluding hydrogens is 322 g/mol. The Kier molecular flexibility index (Phi) is 5.70. The Morgan fingerprint density at radius 2 is 2.00 bits per heavy atom. The fraction of sp³-hybridized carbons (Fsp3) is 0.118. The minimum atomic E-state index is -0.942. The van der Waals surface area contributed by atoms with Crippen molar-refractivity contribution >= 4 is 29.6 Å². The van der Waals surface area contributed by atoms with E-state index >= 15 is 0 Å². The van der Waals surface area contributed by atoms with Gasteiger partial charge in [-0.1, -0.05) is 24.3 Å². The smallest absolute Gasteiger partial charge is 0.303 e. The Morgan fingerprint density at radius 3 is 2.64 bits per heavy atom. The molecule has 0 aromatic heterocycles. The third kappa shape index (κ3) is 4.33. The standard InChI is InChI=1S/C17H19N5O3/c18-16-10(5-7-14(23)24)4-6-13(15(16)17(19)25)11-2-1-3-12(8-11)21-9-22-20/h1-4,6,8-9H,5,7,18,20H2,(H2,19,25)(H,21,22)(H,23,24). The first kappa shape index (κ1) is 18.0. The number of nitrogens with two attached hydrogens (primary N) is 3. The van der Waals surface area contributed by atoms with E-state index in [0.717, 1.165) is 0 Å². The first-order valence-electron chi connectivity index (χ1n) is 7.46. The van der Waals surface area contributed by atoms with Gasteiger partial charge in [-0.2, -0.15) is 0 Å². The Bertz CT molecular complexity index is 833. The van der Waals surface area contributed by atoms with Crippen molar-refractivity contribution in [1.82, 2.24) is 5.43 Å². The number of primary amides is 1. The van der Waals surface area contributed by atoms with Crippen molar-refractivity contribution in [3.8, 4) is 11.1 Å². The number of nitrogens with one attached hydrogen (secondary N) is 1. The third-order valence-corrected chi connectivity index (χ3v) is 3.64. The number of nitrogens with zero attached hydrogens (tertiary/aromatic N) is 1. The van der Waals surface area contributed by atoms with Crippen LogP contribution in [0.15, 0.2) is 41.4 Å². The molecule has 2 aromatic carbocycles. The largest absolute Gasteiger partial charge is 0.481 e. The van der Waals surface area contributed by atoms with Gasteiger partial charge in [0.1, 0.15) is 6.34 Å². The monoisotopic (exact) mass is 341 g/mol. The van der Waals surface area contributed by atoms with Gasteiger partial charge in [-0.05, 0) is 35.2 Å². The number of carboxylic acid groups (broad SMARTS) is 1. The number of hydrogen-bond donors (Lipinski definition) is 5. The number of anilines is 1. The Balaban J connectivity index is 2.51. The van der Waals surface area contributed by atoms with Gasteiger partial charge in [0.05, 0.1) is 11.3 Å². The molecule has 0 aliphatic heterocycles. The molecule has 2 rings (SSSR count). The van der Waals surface area contributed by atoms with E-state index in [9.17, 15) is 9.59 Å². The number of aliphatic imine (C=N–C) groups is 1. The number of amides is 1. The lowest BCUT2D eigenvalue weighted by molar-refractivity contribution is -0.136. The molecule has 0 aliphatic rings. The molecule has 0 heterocycles. The molecule has 1 amide bonds. The fourth-order valence-electron chi connectivity index (χ4n) is 2.49. The van der Waals surface area contributed by atoms with Gasteiger partial charge in [-0.3, -0.25) is 9.59 Å².